The zero-order valence-corrected chi connectivity index (χ0v) is 37.5. The molecule has 2 aliphatic rings. The molecular weight excluding hydrogens is 855 g/mol. The molecule has 0 amide bonds. The highest BCUT2D eigenvalue weighted by Crippen LogP contribution is 2.51. The van der Waals surface area contributed by atoms with Crippen molar-refractivity contribution >= 4 is 140 Å². The van der Waals surface area contributed by atoms with E-state index >= 15 is 0 Å². The average molecular weight is 890 g/mol. The van der Waals surface area contributed by atoms with Crippen LogP contribution in [0.5, 0.6) is 0 Å². The third kappa shape index (κ3) is 5.06. The summed E-state index contributed by atoms with van der Waals surface area (Å²) >= 11 is 3.76. The monoisotopic (exact) mass is 889 g/mol. The number of hydrogen-bond acceptors (Lipinski definition) is 5. The quantitative estimate of drug-likeness (QED) is 0.170. The number of thiophene rings is 2. The Kier molecular flexibility index (Phi) is 7.24. The van der Waals surface area contributed by atoms with E-state index in [1.807, 2.05) is 28.7 Å². The van der Waals surface area contributed by atoms with Gasteiger partial charge in [0.15, 0.2) is 5.84 Å². The van der Waals surface area contributed by atoms with Crippen LogP contribution in [0, 0.1) is 5.92 Å². The van der Waals surface area contributed by atoms with Crippen LogP contribution in [0.1, 0.15) is 28.3 Å². The summed E-state index contributed by atoms with van der Waals surface area (Å²) in [4.78, 5) is 11.9. The van der Waals surface area contributed by atoms with Crippen LogP contribution in [-0.2, 0) is 6.42 Å². The van der Waals surface area contributed by atoms with Gasteiger partial charge in [0.05, 0.1) is 34.0 Å². The van der Waals surface area contributed by atoms with Gasteiger partial charge in [-0.25, -0.2) is 4.99 Å². The summed E-state index contributed by atoms with van der Waals surface area (Å²) < 4.78 is 14.5. The van der Waals surface area contributed by atoms with Crippen LogP contribution in [0.25, 0.3) is 111 Å². The number of fused-ring (bicyclic) bond motifs is 20. The number of rotatable bonds is 2. The van der Waals surface area contributed by atoms with E-state index in [4.69, 9.17) is 14.4 Å². The Morgan fingerprint density at radius 1 is 0.493 bits per heavy atom. The van der Waals surface area contributed by atoms with Crippen LogP contribution in [0.4, 0.5) is 0 Å². The fraction of sp³-hybridized carbons (Fsp3) is 0.0492. The van der Waals surface area contributed by atoms with E-state index in [0.717, 1.165) is 45.3 Å². The van der Waals surface area contributed by atoms with Crippen molar-refractivity contribution < 1.29 is 4.42 Å². The van der Waals surface area contributed by atoms with Crippen LogP contribution < -0.4 is 0 Å². The van der Waals surface area contributed by atoms with Gasteiger partial charge < -0.3 is 8.98 Å². The third-order valence-electron chi connectivity index (χ3n) is 14.8. The third-order valence-corrected chi connectivity index (χ3v) is 17.1. The SMILES string of the molecule is c1ccc2cc3c(cc2c1)sc1ccc2c(c13)C1N=C(c3cccc4c3oc3ccccc34)N=C(c3cccc4c3sc3ccccc34)C1Cc1ccc3c4cc5ccccc5cc4n-2c3c1. The summed E-state index contributed by atoms with van der Waals surface area (Å²) in [5.41, 5.74) is 10.9. The number of aromatic nitrogens is 1. The van der Waals surface area contributed by atoms with Crippen LogP contribution >= 0.6 is 22.7 Å². The van der Waals surface area contributed by atoms with E-state index in [1.54, 1.807) is 0 Å². The van der Waals surface area contributed by atoms with Crippen molar-refractivity contribution in [1.82, 2.24) is 4.57 Å². The van der Waals surface area contributed by atoms with E-state index < -0.39 is 0 Å². The predicted octanol–water partition coefficient (Wildman–Crippen LogP) is 16.9. The van der Waals surface area contributed by atoms with Gasteiger partial charge in [-0.3, -0.25) is 4.99 Å². The molecule has 0 radical (unpaired) electrons. The van der Waals surface area contributed by atoms with Gasteiger partial charge in [0.25, 0.3) is 0 Å². The largest absolute Gasteiger partial charge is 0.455 e. The molecule has 2 atom stereocenters. The smallest absolute Gasteiger partial charge is 0.159 e. The van der Waals surface area contributed by atoms with Gasteiger partial charge in [0.1, 0.15) is 11.2 Å². The van der Waals surface area contributed by atoms with E-state index in [2.05, 4.69) is 187 Å². The predicted molar refractivity (Wildman–Crippen MR) is 285 cm³/mol. The normalized spacial score (nSPS) is 16.2. The van der Waals surface area contributed by atoms with Crippen molar-refractivity contribution in [2.75, 3.05) is 0 Å². The van der Waals surface area contributed by atoms with Crippen molar-refractivity contribution in [1.29, 1.82) is 0 Å². The van der Waals surface area contributed by atoms with Crippen molar-refractivity contribution in [3.05, 3.63) is 210 Å². The maximum atomic E-state index is 6.81. The van der Waals surface area contributed by atoms with Gasteiger partial charge >= 0.3 is 0 Å². The molecule has 4 nitrogen and oxygen atoms in total. The molecule has 10 aromatic carbocycles. The van der Waals surface area contributed by atoms with Crippen LogP contribution in [0.3, 0.4) is 0 Å². The zero-order chi connectivity index (χ0) is 43.5. The second kappa shape index (κ2) is 13.4. The number of nitrogens with zero attached hydrogens (tertiary/aromatic N) is 3. The van der Waals surface area contributed by atoms with E-state index in [1.165, 1.54) is 100 Å². The summed E-state index contributed by atoms with van der Waals surface area (Å²) in [6.45, 7) is 0. The fourth-order valence-corrected chi connectivity index (χ4v) is 14.2. The van der Waals surface area contributed by atoms with Gasteiger partial charge in [-0.05, 0) is 94.2 Å². The molecule has 67 heavy (non-hydrogen) atoms. The number of aliphatic imine (C=N–C) groups is 2. The Labute approximate surface area is 391 Å². The second-order valence-electron chi connectivity index (χ2n) is 18.3. The first kappa shape index (κ1) is 36.3. The lowest BCUT2D eigenvalue weighted by molar-refractivity contribution is 0.548. The Morgan fingerprint density at radius 2 is 1.19 bits per heavy atom. The molecule has 16 rings (SSSR count). The number of amidine groups is 1. The maximum absolute atomic E-state index is 6.81. The first-order valence-electron chi connectivity index (χ1n) is 23.0. The first-order valence-corrected chi connectivity index (χ1v) is 24.6. The Bertz CT molecular complexity index is 4580. The highest BCUT2D eigenvalue weighted by Gasteiger charge is 2.39. The summed E-state index contributed by atoms with van der Waals surface area (Å²) in [5, 5.41) is 14.7. The molecule has 6 heteroatoms. The maximum Gasteiger partial charge on any atom is 0.159 e. The Balaban J connectivity index is 1.08. The molecule has 4 aromatic heterocycles. The molecule has 2 aliphatic heterocycles. The van der Waals surface area contributed by atoms with Crippen molar-refractivity contribution in [3.63, 3.8) is 0 Å². The minimum atomic E-state index is -0.322. The van der Waals surface area contributed by atoms with Gasteiger partial charge in [-0.1, -0.05) is 127 Å². The van der Waals surface area contributed by atoms with Crippen molar-refractivity contribution in [2.24, 2.45) is 15.9 Å². The van der Waals surface area contributed by atoms with E-state index in [-0.39, 0.29) is 12.0 Å². The molecule has 0 N–H and O–H groups in total. The highest BCUT2D eigenvalue weighted by atomic mass is 32.1. The highest BCUT2D eigenvalue weighted by molar-refractivity contribution is 7.26. The molecule has 0 fully saturated rings. The van der Waals surface area contributed by atoms with Crippen LogP contribution in [-0.4, -0.2) is 16.1 Å². The number of hydrogen-bond donors (Lipinski definition) is 0. The molecule has 6 heterocycles. The molecule has 0 saturated heterocycles. The molecule has 2 bridgehead atoms. The van der Waals surface area contributed by atoms with Gasteiger partial charge in [-0.15, -0.1) is 22.7 Å². The zero-order valence-electron chi connectivity index (χ0n) is 35.8. The van der Waals surface area contributed by atoms with Crippen LogP contribution in [0.15, 0.2) is 202 Å². The second-order valence-corrected chi connectivity index (χ2v) is 20.5. The average Bonchev–Trinajstić information content (AvgIpc) is 4.13. The molecule has 0 aliphatic carbocycles. The van der Waals surface area contributed by atoms with Gasteiger partial charge in [0, 0.05) is 78.9 Å². The number of furan rings is 1. The summed E-state index contributed by atoms with van der Waals surface area (Å²) in [7, 11) is 0. The Morgan fingerprint density at radius 3 is 2.06 bits per heavy atom. The fourth-order valence-electron chi connectivity index (χ4n) is 11.8. The lowest BCUT2D eigenvalue weighted by Gasteiger charge is -2.32. The molecule has 312 valence electrons. The molecule has 2 unspecified atom stereocenters. The van der Waals surface area contributed by atoms with Crippen LogP contribution in [0.2, 0.25) is 0 Å². The van der Waals surface area contributed by atoms with Gasteiger partial charge in [0.2, 0.25) is 0 Å². The molecule has 0 spiro atoms. The first-order chi connectivity index (χ1) is 33.2. The molecule has 0 saturated carbocycles. The van der Waals surface area contributed by atoms with E-state index in [0.29, 0.717) is 5.84 Å². The van der Waals surface area contributed by atoms with Gasteiger partial charge in [-0.2, -0.15) is 0 Å². The lowest BCUT2D eigenvalue weighted by atomic mass is 9.79. The topological polar surface area (TPSA) is 42.8 Å². The minimum Gasteiger partial charge on any atom is -0.455 e. The van der Waals surface area contributed by atoms with Crippen molar-refractivity contribution in [2.45, 2.75) is 12.5 Å². The molecule has 14 aromatic rings. The number of para-hydroxylation sites is 2. The van der Waals surface area contributed by atoms with E-state index in [9.17, 15) is 0 Å². The Hall–Kier alpha value is -7.90. The number of benzene rings is 10. The van der Waals surface area contributed by atoms with Crippen molar-refractivity contribution in [3.8, 4) is 5.69 Å². The summed E-state index contributed by atoms with van der Waals surface area (Å²) in [6, 6.07) is 69.2. The minimum absolute atomic E-state index is 0.108. The summed E-state index contributed by atoms with van der Waals surface area (Å²) in [6.07, 6.45) is 0.761. The summed E-state index contributed by atoms with van der Waals surface area (Å²) in [5.74, 6) is 0.592. The standard InChI is InChI=1S/C61H35N3OS2/c1-3-13-36-31-50-45(29-34(36)11-1)38-24-23-33-27-47-57(43-19-10-18-42-40-16-6-8-22-52(40)67-60(42)43)62-61(44-20-9-17-41-39-15-5-7-21-51(39)65-59(41)44)63-58(47)56-48(64(50)49(38)28-33)25-26-53-55(56)46-30-35-12-2-4-14-37(35)32-54(46)66-53/h1-26,28-32,47,58H,27H2. The molecular formula is C61H35N3OS2. The lowest BCUT2D eigenvalue weighted by Crippen LogP contribution is -2.31.